The molecule has 2 aromatic carbocycles. The molecule has 2 saturated carbocycles. The SMILES string of the molecule is CC(=O)c1cccc(NC(=O)COC(=O)[C@@H]2[C@H]3CC[C@@H](C3)[C@@H]2C(=O)c2ccccc2)c1. The van der Waals surface area contributed by atoms with E-state index < -0.39 is 24.4 Å². The minimum absolute atomic E-state index is 0.0137. The van der Waals surface area contributed by atoms with Gasteiger partial charge in [0.2, 0.25) is 0 Å². The van der Waals surface area contributed by atoms with Gasteiger partial charge < -0.3 is 10.1 Å². The zero-order valence-corrected chi connectivity index (χ0v) is 17.4. The Kier molecular flexibility index (Phi) is 5.98. The molecule has 0 saturated heterocycles. The van der Waals surface area contributed by atoms with Crippen molar-refractivity contribution < 1.29 is 23.9 Å². The summed E-state index contributed by atoms with van der Waals surface area (Å²) in [4.78, 5) is 49.7. The lowest BCUT2D eigenvalue weighted by Crippen LogP contribution is -2.37. The van der Waals surface area contributed by atoms with E-state index in [0.29, 0.717) is 16.8 Å². The third-order valence-electron chi connectivity index (χ3n) is 6.45. The molecule has 0 unspecified atom stereocenters. The number of ketones is 2. The quantitative estimate of drug-likeness (QED) is 0.543. The van der Waals surface area contributed by atoms with Crippen molar-refractivity contribution in [2.45, 2.75) is 26.2 Å². The molecule has 0 spiro atoms. The van der Waals surface area contributed by atoms with E-state index in [9.17, 15) is 19.2 Å². The minimum atomic E-state index is -0.500. The standard InChI is InChI=1S/C25H25NO5/c1-15(27)17-8-5-9-20(13-17)26-21(28)14-31-25(30)23-19-11-10-18(12-19)22(23)24(29)16-6-3-2-4-7-16/h2-9,13,18-19,22-23H,10-12,14H2,1H3,(H,26,28)/t18-,19-,22-,23+/m0/s1. The van der Waals surface area contributed by atoms with E-state index in [1.165, 1.54) is 6.92 Å². The highest BCUT2D eigenvalue weighted by Crippen LogP contribution is 2.53. The maximum Gasteiger partial charge on any atom is 0.310 e. The number of benzene rings is 2. The molecular formula is C25H25NO5. The molecule has 2 aliphatic carbocycles. The van der Waals surface area contributed by atoms with Crippen LogP contribution in [0, 0.1) is 23.7 Å². The maximum absolute atomic E-state index is 13.1. The van der Waals surface area contributed by atoms with Gasteiger partial charge in [0.05, 0.1) is 5.92 Å². The first-order chi connectivity index (χ1) is 14.9. The van der Waals surface area contributed by atoms with Crippen molar-refractivity contribution in [3.05, 3.63) is 65.7 Å². The Hall–Kier alpha value is -3.28. The lowest BCUT2D eigenvalue weighted by atomic mass is 9.75. The molecule has 4 atom stereocenters. The van der Waals surface area contributed by atoms with Gasteiger partial charge in [-0.1, -0.05) is 42.5 Å². The Bertz CT molecular complexity index is 1020. The number of carbonyl (C=O) groups excluding carboxylic acids is 4. The predicted molar refractivity (Wildman–Crippen MR) is 115 cm³/mol. The van der Waals surface area contributed by atoms with Crippen LogP contribution in [0.5, 0.6) is 0 Å². The van der Waals surface area contributed by atoms with Crippen LogP contribution in [0.2, 0.25) is 0 Å². The summed E-state index contributed by atoms with van der Waals surface area (Å²) < 4.78 is 5.34. The lowest BCUT2D eigenvalue weighted by molar-refractivity contribution is -0.154. The molecule has 2 fully saturated rings. The van der Waals surface area contributed by atoms with E-state index in [-0.39, 0.29) is 29.3 Å². The first kappa shape index (κ1) is 21.0. The number of anilines is 1. The van der Waals surface area contributed by atoms with E-state index in [1.54, 1.807) is 36.4 Å². The van der Waals surface area contributed by atoms with E-state index in [4.69, 9.17) is 4.74 Å². The van der Waals surface area contributed by atoms with Crippen molar-refractivity contribution in [3.63, 3.8) is 0 Å². The van der Waals surface area contributed by atoms with Crippen molar-refractivity contribution >= 4 is 29.1 Å². The van der Waals surface area contributed by atoms with Crippen LogP contribution in [0.15, 0.2) is 54.6 Å². The van der Waals surface area contributed by atoms with Crippen LogP contribution in [-0.2, 0) is 14.3 Å². The molecule has 2 aliphatic rings. The Morgan fingerprint density at radius 2 is 1.58 bits per heavy atom. The Labute approximate surface area is 181 Å². The van der Waals surface area contributed by atoms with Gasteiger partial charge >= 0.3 is 5.97 Å². The first-order valence-corrected chi connectivity index (χ1v) is 10.6. The second-order valence-electron chi connectivity index (χ2n) is 8.41. The predicted octanol–water partition coefficient (Wildman–Crippen LogP) is 3.92. The van der Waals surface area contributed by atoms with E-state index in [0.717, 1.165) is 19.3 Å². The number of Topliss-reactive ketones (excluding diaryl/α,β-unsaturated/α-hetero) is 2. The Morgan fingerprint density at radius 3 is 2.29 bits per heavy atom. The van der Waals surface area contributed by atoms with Gasteiger partial charge in [0, 0.05) is 22.7 Å². The third-order valence-corrected chi connectivity index (χ3v) is 6.45. The number of hydrogen-bond donors (Lipinski definition) is 1. The van der Waals surface area contributed by atoms with Gasteiger partial charge in [-0.25, -0.2) is 0 Å². The van der Waals surface area contributed by atoms with Crippen molar-refractivity contribution in [2.24, 2.45) is 23.7 Å². The summed E-state index contributed by atoms with van der Waals surface area (Å²) in [6.45, 7) is 1.02. The first-order valence-electron chi connectivity index (χ1n) is 10.6. The molecular weight excluding hydrogens is 394 g/mol. The molecule has 0 heterocycles. The number of hydrogen-bond acceptors (Lipinski definition) is 5. The van der Waals surface area contributed by atoms with Crippen molar-refractivity contribution in [2.75, 3.05) is 11.9 Å². The number of rotatable bonds is 7. The Morgan fingerprint density at radius 1 is 0.903 bits per heavy atom. The average molecular weight is 419 g/mol. The van der Waals surface area contributed by atoms with Crippen LogP contribution in [0.3, 0.4) is 0 Å². The van der Waals surface area contributed by atoms with Gasteiger partial charge in [-0.2, -0.15) is 0 Å². The van der Waals surface area contributed by atoms with Crippen molar-refractivity contribution in [3.8, 4) is 0 Å². The largest absolute Gasteiger partial charge is 0.455 e. The van der Waals surface area contributed by atoms with Gasteiger partial charge in [-0.15, -0.1) is 0 Å². The van der Waals surface area contributed by atoms with Gasteiger partial charge in [-0.3, -0.25) is 19.2 Å². The maximum atomic E-state index is 13.1. The highest BCUT2D eigenvalue weighted by molar-refractivity contribution is 6.01. The summed E-state index contributed by atoms with van der Waals surface area (Å²) in [5.41, 5.74) is 1.56. The number of carbonyl (C=O) groups is 4. The third kappa shape index (κ3) is 4.43. The normalized spacial score (nSPS) is 23.9. The monoisotopic (exact) mass is 419 g/mol. The molecule has 6 heteroatoms. The number of ether oxygens (including phenoxy) is 1. The summed E-state index contributed by atoms with van der Waals surface area (Å²) >= 11 is 0. The number of nitrogens with one attached hydrogen (secondary N) is 1. The molecule has 1 N–H and O–H groups in total. The molecule has 160 valence electrons. The molecule has 2 aromatic rings. The lowest BCUT2D eigenvalue weighted by Gasteiger charge is -2.28. The van der Waals surface area contributed by atoms with Crippen LogP contribution in [0.1, 0.15) is 46.9 Å². The molecule has 0 aromatic heterocycles. The van der Waals surface area contributed by atoms with Crippen LogP contribution in [0.4, 0.5) is 5.69 Å². The molecule has 31 heavy (non-hydrogen) atoms. The summed E-state index contributed by atoms with van der Waals surface area (Å²) in [6.07, 6.45) is 2.71. The number of esters is 1. The second-order valence-corrected chi connectivity index (χ2v) is 8.41. The second kappa shape index (κ2) is 8.84. The molecule has 0 aliphatic heterocycles. The van der Waals surface area contributed by atoms with Gasteiger partial charge in [0.15, 0.2) is 18.2 Å². The molecule has 2 bridgehead atoms. The highest BCUT2D eigenvalue weighted by Gasteiger charge is 2.54. The smallest absolute Gasteiger partial charge is 0.310 e. The van der Waals surface area contributed by atoms with Crippen LogP contribution >= 0.6 is 0 Å². The summed E-state index contributed by atoms with van der Waals surface area (Å²) in [5.74, 6) is -1.64. The van der Waals surface area contributed by atoms with Crippen LogP contribution in [-0.4, -0.2) is 30.0 Å². The van der Waals surface area contributed by atoms with Crippen LogP contribution in [0.25, 0.3) is 0 Å². The Balaban J connectivity index is 1.39. The highest BCUT2D eigenvalue weighted by atomic mass is 16.5. The summed E-state index contributed by atoms with van der Waals surface area (Å²) in [5, 5.41) is 2.64. The van der Waals surface area contributed by atoms with Crippen molar-refractivity contribution in [1.82, 2.24) is 0 Å². The van der Waals surface area contributed by atoms with Crippen molar-refractivity contribution in [1.29, 1.82) is 0 Å². The van der Waals surface area contributed by atoms with Gasteiger partial charge in [-0.05, 0) is 50.2 Å². The van der Waals surface area contributed by atoms with Gasteiger partial charge in [0.25, 0.3) is 5.91 Å². The summed E-state index contributed by atoms with van der Waals surface area (Å²) in [7, 11) is 0. The van der Waals surface area contributed by atoms with E-state index >= 15 is 0 Å². The topological polar surface area (TPSA) is 89.5 Å². The summed E-state index contributed by atoms with van der Waals surface area (Å²) in [6, 6.07) is 15.6. The number of fused-ring (bicyclic) bond motifs is 2. The molecule has 0 radical (unpaired) electrons. The zero-order valence-electron chi connectivity index (χ0n) is 17.4. The molecule has 4 rings (SSSR count). The minimum Gasteiger partial charge on any atom is -0.455 e. The molecule has 1 amide bonds. The fourth-order valence-corrected chi connectivity index (χ4v) is 5.05. The fraction of sp³-hybridized carbons (Fsp3) is 0.360. The zero-order chi connectivity index (χ0) is 22.0. The number of amides is 1. The fourth-order valence-electron chi connectivity index (χ4n) is 5.05. The van der Waals surface area contributed by atoms with E-state index in [2.05, 4.69) is 5.32 Å². The van der Waals surface area contributed by atoms with Crippen LogP contribution < -0.4 is 5.32 Å². The average Bonchev–Trinajstić information content (AvgIpc) is 3.39. The van der Waals surface area contributed by atoms with Gasteiger partial charge in [0.1, 0.15) is 0 Å². The molecule has 6 nitrogen and oxygen atoms in total. The van der Waals surface area contributed by atoms with E-state index in [1.807, 2.05) is 18.2 Å².